The van der Waals surface area contributed by atoms with Gasteiger partial charge in [0.2, 0.25) is 0 Å². The summed E-state index contributed by atoms with van der Waals surface area (Å²) in [6.45, 7) is 1.23. The number of carboxylic acids is 1. The molecule has 0 bridgehead atoms. The molecule has 6 heteroatoms. The molecular weight excluding hydrogens is 278 g/mol. The van der Waals surface area contributed by atoms with E-state index < -0.39 is 12.0 Å². The van der Waals surface area contributed by atoms with Gasteiger partial charge in [0.15, 0.2) is 0 Å². The Labute approximate surface area is 120 Å². The molecular formula is C14H17NO4S. The van der Waals surface area contributed by atoms with Crippen molar-refractivity contribution in [1.82, 2.24) is 5.32 Å². The van der Waals surface area contributed by atoms with Gasteiger partial charge >= 0.3 is 5.97 Å². The lowest BCUT2D eigenvalue weighted by Crippen LogP contribution is -2.40. The number of nitrogens with one attached hydrogen (secondary N) is 1. The van der Waals surface area contributed by atoms with Crippen LogP contribution < -0.4 is 5.32 Å². The van der Waals surface area contributed by atoms with Crippen LogP contribution in [0.5, 0.6) is 0 Å². The minimum absolute atomic E-state index is 0.280. The number of carbonyl (C=O) groups excluding carboxylic acids is 1. The van der Waals surface area contributed by atoms with E-state index in [1.165, 1.54) is 16.2 Å². The number of hydrogen-bond donors (Lipinski definition) is 2. The van der Waals surface area contributed by atoms with E-state index in [0.717, 1.165) is 24.8 Å². The van der Waals surface area contributed by atoms with E-state index in [1.54, 1.807) is 0 Å². The normalized spacial score (nSPS) is 19.2. The zero-order chi connectivity index (χ0) is 14.1. The second kappa shape index (κ2) is 5.54. The topological polar surface area (TPSA) is 75.6 Å². The van der Waals surface area contributed by atoms with Crippen molar-refractivity contribution in [3.8, 4) is 0 Å². The van der Waals surface area contributed by atoms with Crippen LogP contribution in [-0.2, 0) is 22.6 Å². The summed E-state index contributed by atoms with van der Waals surface area (Å²) >= 11 is 1.45. The molecule has 1 aliphatic carbocycles. The maximum absolute atomic E-state index is 12.2. The second-order valence-electron chi connectivity index (χ2n) is 5.41. The summed E-state index contributed by atoms with van der Waals surface area (Å²) < 4.78 is 5.35. The lowest BCUT2D eigenvalue weighted by molar-refractivity contribution is -0.139. The third-order valence-corrected chi connectivity index (χ3v) is 4.96. The molecule has 1 saturated carbocycles. The Morgan fingerprint density at radius 3 is 2.95 bits per heavy atom. The molecule has 5 nitrogen and oxygen atoms in total. The maximum atomic E-state index is 12.2. The van der Waals surface area contributed by atoms with Gasteiger partial charge in [0.1, 0.15) is 6.04 Å². The molecule has 1 atom stereocenters. The molecule has 0 saturated heterocycles. The molecule has 1 aromatic rings. The first-order chi connectivity index (χ1) is 9.63. The van der Waals surface area contributed by atoms with Gasteiger partial charge in [-0.25, -0.2) is 4.79 Å². The van der Waals surface area contributed by atoms with Crippen molar-refractivity contribution >= 4 is 23.2 Å². The summed E-state index contributed by atoms with van der Waals surface area (Å²) in [7, 11) is 0. The lowest BCUT2D eigenvalue weighted by atomic mass is 10.1. The largest absolute Gasteiger partial charge is 0.480 e. The average molecular weight is 295 g/mol. The van der Waals surface area contributed by atoms with E-state index in [1.807, 2.05) is 6.07 Å². The highest BCUT2D eigenvalue weighted by molar-refractivity contribution is 7.14. The standard InChI is InChI=1S/C14H17NO4S/c16-13(15-10(14(17)18)5-8-1-2-8)12-6-9-7-19-4-3-11(9)20-12/h6,8,10H,1-5,7H2,(H,15,16)(H,17,18). The molecule has 1 amide bonds. The summed E-state index contributed by atoms with van der Waals surface area (Å²) in [4.78, 5) is 25.1. The van der Waals surface area contributed by atoms with Crippen molar-refractivity contribution in [2.45, 2.75) is 38.3 Å². The van der Waals surface area contributed by atoms with Gasteiger partial charge in [0.25, 0.3) is 5.91 Å². The number of fused-ring (bicyclic) bond motifs is 1. The number of thiophene rings is 1. The van der Waals surface area contributed by atoms with E-state index in [0.29, 0.717) is 30.4 Å². The molecule has 20 heavy (non-hydrogen) atoms. The predicted molar refractivity (Wildman–Crippen MR) is 73.9 cm³/mol. The molecule has 0 radical (unpaired) electrons. The van der Waals surface area contributed by atoms with Crippen molar-refractivity contribution in [3.05, 3.63) is 21.4 Å². The van der Waals surface area contributed by atoms with Crippen LogP contribution in [0.25, 0.3) is 0 Å². The van der Waals surface area contributed by atoms with E-state index in [-0.39, 0.29) is 5.91 Å². The summed E-state index contributed by atoms with van der Waals surface area (Å²) in [5, 5.41) is 11.8. The Morgan fingerprint density at radius 2 is 2.30 bits per heavy atom. The van der Waals surface area contributed by atoms with Gasteiger partial charge in [0.05, 0.1) is 18.1 Å². The van der Waals surface area contributed by atoms with Crippen molar-refractivity contribution in [3.63, 3.8) is 0 Å². The highest BCUT2D eigenvalue weighted by Gasteiger charge is 2.31. The van der Waals surface area contributed by atoms with Crippen LogP contribution in [0.15, 0.2) is 6.07 Å². The van der Waals surface area contributed by atoms with Crippen molar-refractivity contribution < 1.29 is 19.4 Å². The number of ether oxygens (including phenoxy) is 1. The summed E-state index contributed by atoms with van der Waals surface area (Å²) in [6.07, 6.45) is 3.52. The molecule has 2 heterocycles. The molecule has 1 aliphatic heterocycles. The van der Waals surface area contributed by atoms with Crippen molar-refractivity contribution in [2.24, 2.45) is 5.92 Å². The van der Waals surface area contributed by atoms with E-state index >= 15 is 0 Å². The monoisotopic (exact) mass is 295 g/mol. The number of carboxylic acid groups (broad SMARTS) is 1. The predicted octanol–water partition coefficient (Wildman–Crippen LogP) is 1.80. The third kappa shape index (κ3) is 3.02. The quantitative estimate of drug-likeness (QED) is 0.868. The zero-order valence-corrected chi connectivity index (χ0v) is 11.9. The average Bonchev–Trinajstić information content (AvgIpc) is 3.13. The molecule has 2 N–H and O–H groups in total. The Bertz CT molecular complexity index is 512. The van der Waals surface area contributed by atoms with E-state index in [9.17, 15) is 14.7 Å². The fourth-order valence-electron chi connectivity index (χ4n) is 2.40. The Balaban J connectivity index is 1.67. The van der Waals surface area contributed by atoms with Crippen LogP contribution in [0.4, 0.5) is 0 Å². The summed E-state index contributed by atoms with van der Waals surface area (Å²) in [6, 6.07) is 1.05. The molecule has 108 valence electrons. The van der Waals surface area contributed by atoms with E-state index in [2.05, 4.69) is 5.32 Å². The zero-order valence-electron chi connectivity index (χ0n) is 11.1. The van der Waals surface area contributed by atoms with E-state index in [4.69, 9.17) is 4.74 Å². The number of hydrogen-bond acceptors (Lipinski definition) is 4. The minimum atomic E-state index is -0.949. The highest BCUT2D eigenvalue weighted by Crippen LogP contribution is 2.34. The van der Waals surface area contributed by atoms with Crippen molar-refractivity contribution in [2.75, 3.05) is 6.61 Å². The number of rotatable bonds is 5. The molecule has 0 spiro atoms. The van der Waals surface area contributed by atoms with Gasteiger partial charge in [-0.1, -0.05) is 12.8 Å². The van der Waals surface area contributed by atoms with Crippen LogP contribution in [-0.4, -0.2) is 29.6 Å². The van der Waals surface area contributed by atoms with Crippen LogP contribution in [0.2, 0.25) is 0 Å². The smallest absolute Gasteiger partial charge is 0.326 e. The third-order valence-electron chi connectivity index (χ3n) is 3.72. The first-order valence-corrected chi connectivity index (χ1v) is 7.68. The SMILES string of the molecule is O=C(NC(CC1CC1)C(=O)O)c1cc2c(s1)CCOC2. The summed E-state index contributed by atoms with van der Waals surface area (Å²) in [5.74, 6) is -0.770. The van der Waals surface area contributed by atoms with Crippen LogP contribution in [0, 0.1) is 5.92 Å². The number of carbonyl (C=O) groups is 2. The number of aliphatic carboxylic acids is 1. The van der Waals surface area contributed by atoms with Gasteiger partial charge in [-0.3, -0.25) is 4.79 Å². The van der Waals surface area contributed by atoms with Gasteiger partial charge in [-0.05, 0) is 24.0 Å². The molecule has 1 aromatic heterocycles. The van der Waals surface area contributed by atoms with Crippen molar-refractivity contribution in [1.29, 1.82) is 0 Å². The van der Waals surface area contributed by atoms with Gasteiger partial charge in [-0.15, -0.1) is 11.3 Å². The van der Waals surface area contributed by atoms with Gasteiger partial charge in [-0.2, -0.15) is 0 Å². The molecule has 1 fully saturated rings. The second-order valence-corrected chi connectivity index (χ2v) is 6.54. The Morgan fingerprint density at radius 1 is 1.50 bits per heavy atom. The van der Waals surface area contributed by atoms with Gasteiger partial charge < -0.3 is 15.2 Å². The van der Waals surface area contributed by atoms with Gasteiger partial charge in [0, 0.05) is 11.3 Å². The molecule has 1 unspecified atom stereocenters. The Kier molecular flexibility index (Phi) is 3.76. The highest BCUT2D eigenvalue weighted by atomic mass is 32.1. The minimum Gasteiger partial charge on any atom is -0.480 e. The first-order valence-electron chi connectivity index (χ1n) is 6.86. The molecule has 2 aliphatic rings. The Hall–Kier alpha value is -1.40. The first kappa shape index (κ1) is 13.6. The summed E-state index contributed by atoms with van der Waals surface area (Å²) in [5.41, 5.74) is 1.06. The fraction of sp³-hybridized carbons (Fsp3) is 0.571. The molecule has 0 aromatic carbocycles. The maximum Gasteiger partial charge on any atom is 0.326 e. The fourth-order valence-corrected chi connectivity index (χ4v) is 3.45. The van der Waals surface area contributed by atoms with Crippen LogP contribution in [0.1, 0.15) is 39.4 Å². The lowest BCUT2D eigenvalue weighted by Gasteiger charge is -2.13. The molecule has 3 rings (SSSR count). The van der Waals surface area contributed by atoms with Crippen LogP contribution >= 0.6 is 11.3 Å². The van der Waals surface area contributed by atoms with Crippen LogP contribution in [0.3, 0.4) is 0 Å². The number of amides is 1.